The first-order valence-corrected chi connectivity index (χ1v) is 7.33. The van der Waals surface area contributed by atoms with E-state index in [4.69, 9.17) is 4.74 Å². The van der Waals surface area contributed by atoms with Crippen molar-refractivity contribution in [3.63, 3.8) is 0 Å². The molecule has 0 N–H and O–H groups in total. The molecule has 1 aliphatic rings. The van der Waals surface area contributed by atoms with Gasteiger partial charge in [0, 0.05) is 12.5 Å². The minimum absolute atomic E-state index is 0.0811. The summed E-state index contributed by atoms with van der Waals surface area (Å²) >= 11 is 0. The maximum absolute atomic E-state index is 11.9. The molecular weight excluding hydrogens is 238 g/mol. The summed E-state index contributed by atoms with van der Waals surface area (Å²) in [5.41, 5.74) is 1.12. The van der Waals surface area contributed by atoms with E-state index in [2.05, 4.69) is 4.98 Å². The Morgan fingerprint density at radius 3 is 2.71 bits per heavy atom. The van der Waals surface area contributed by atoms with Crippen molar-refractivity contribution in [2.45, 2.75) is 44.6 Å². The summed E-state index contributed by atoms with van der Waals surface area (Å²) in [5.74, 6) is 0.685. The fraction of sp³-hybridized carbons (Fsp3) is 0.583. The Bertz CT molecular complexity index is 561. The second kappa shape index (κ2) is 3.70. The maximum atomic E-state index is 11.9. The van der Waals surface area contributed by atoms with E-state index in [0.29, 0.717) is 11.4 Å². The first-order chi connectivity index (χ1) is 7.75. The number of aryl methyl sites for hydroxylation is 1. The Labute approximate surface area is 102 Å². The number of nitrogens with zero attached hydrogens (tertiary/aromatic N) is 1. The van der Waals surface area contributed by atoms with Crippen molar-refractivity contribution in [1.29, 1.82) is 0 Å². The number of hydrogen-bond donors (Lipinski definition) is 0. The van der Waals surface area contributed by atoms with Gasteiger partial charge in [-0.3, -0.25) is 4.98 Å². The summed E-state index contributed by atoms with van der Waals surface area (Å²) < 4.78 is 29.5. The van der Waals surface area contributed by atoms with Crippen molar-refractivity contribution in [2.75, 3.05) is 5.75 Å². The summed E-state index contributed by atoms with van der Waals surface area (Å²) in [7, 11) is -3.23. The van der Waals surface area contributed by atoms with Gasteiger partial charge in [0.1, 0.15) is 11.4 Å². The van der Waals surface area contributed by atoms with Crippen LogP contribution in [0, 0.1) is 6.92 Å². The van der Waals surface area contributed by atoms with Gasteiger partial charge in [0.15, 0.2) is 9.84 Å². The molecule has 0 spiro atoms. The van der Waals surface area contributed by atoms with Gasteiger partial charge in [0.2, 0.25) is 0 Å². The summed E-state index contributed by atoms with van der Waals surface area (Å²) in [4.78, 5) is 4.65. The molecular formula is C12H17NO3S. The SMILES string of the molecule is CCS(=O)(=O)c1cc2c(nc1C)CC(C)(C)O2. The van der Waals surface area contributed by atoms with Crippen LogP contribution in [0.5, 0.6) is 5.75 Å². The minimum Gasteiger partial charge on any atom is -0.485 e. The van der Waals surface area contributed by atoms with Crippen LogP contribution >= 0.6 is 0 Å². The lowest BCUT2D eigenvalue weighted by Gasteiger charge is -2.16. The largest absolute Gasteiger partial charge is 0.485 e. The zero-order chi connectivity index (χ0) is 12.8. The van der Waals surface area contributed by atoms with Crippen molar-refractivity contribution >= 4 is 9.84 Å². The highest BCUT2D eigenvalue weighted by Gasteiger charge is 2.33. The molecule has 17 heavy (non-hydrogen) atoms. The minimum atomic E-state index is -3.23. The summed E-state index contributed by atoms with van der Waals surface area (Å²) in [6, 6.07) is 1.62. The van der Waals surface area contributed by atoms with Crippen molar-refractivity contribution in [3.8, 4) is 5.75 Å². The molecule has 1 aromatic heterocycles. The molecule has 0 unspecified atom stereocenters. The van der Waals surface area contributed by atoms with Crippen molar-refractivity contribution in [2.24, 2.45) is 0 Å². The van der Waals surface area contributed by atoms with Crippen LogP contribution in [0.25, 0.3) is 0 Å². The first-order valence-electron chi connectivity index (χ1n) is 5.67. The van der Waals surface area contributed by atoms with Crippen LogP contribution in [0.3, 0.4) is 0 Å². The van der Waals surface area contributed by atoms with Gasteiger partial charge in [-0.25, -0.2) is 8.42 Å². The van der Waals surface area contributed by atoms with E-state index in [0.717, 1.165) is 12.1 Å². The van der Waals surface area contributed by atoms with E-state index in [1.807, 2.05) is 13.8 Å². The van der Waals surface area contributed by atoms with Crippen LogP contribution in [0.15, 0.2) is 11.0 Å². The number of rotatable bonds is 2. The zero-order valence-electron chi connectivity index (χ0n) is 10.6. The maximum Gasteiger partial charge on any atom is 0.180 e. The highest BCUT2D eigenvalue weighted by molar-refractivity contribution is 7.91. The Kier molecular flexibility index (Phi) is 2.69. The molecule has 94 valence electrons. The molecule has 2 heterocycles. The smallest absolute Gasteiger partial charge is 0.180 e. The number of ether oxygens (including phenoxy) is 1. The quantitative estimate of drug-likeness (QED) is 0.810. The Morgan fingerprint density at radius 1 is 1.47 bits per heavy atom. The molecule has 0 saturated carbocycles. The number of aromatic nitrogens is 1. The monoisotopic (exact) mass is 255 g/mol. The van der Waals surface area contributed by atoms with Gasteiger partial charge in [-0.15, -0.1) is 0 Å². The summed E-state index contributed by atoms with van der Waals surface area (Å²) in [5, 5.41) is 0. The van der Waals surface area contributed by atoms with E-state index in [1.165, 1.54) is 0 Å². The Morgan fingerprint density at radius 2 is 2.12 bits per heavy atom. The third kappa shape index (κ3) is 2.16. The van der Waals surface area contributed by atoms with Crippen LogP contribution in [-0.4, -0.2) is 24.8 Å². The predicted molar refractivity (Wildman–Crippen MR) is 65.1 cm³/mol. The molecule has 0 aromatic carbocycles. The second-order valence-electron chi connectivity index (χ2n) is 4.96. The fourth-order valence-electron chi connectivity index (χ4n) is 2.04. The average Bonchev–Trinajstić information content (AvgIpc) is 2.49. The molecule has 1 aliphatic heterocycles. The molecule has 0 saturated heterocycles. The van der Waals surface area contributed by atoms with E-state index in [1.54, 1.807) is 19.9 Å². The van der Waals surface area contributed by atoms with Gasteiger partial charge >= 0.3 is 0 Å². The van der Waals surface area contributed by atoms with Gasteiger partial charge < -0.3 is 4.74 Å². The number of pyridine rings is 1. The van der Waals surface area contributed by atoms with Crippen LogP contribution in [-0.2, 0) is 16.3 Å². The van der Waals surface area contributed by atoms with Crippen molar-refractivity contribution in [3.05, 3.63) is 17.5 Å². The average molecular weight is 255 g/mol. The highest BCUT2D eigenvalue weighted by atomic mass is 32.2. The third-order valence-corrected chi connectivity index (χ3v) is 4.74. The molecule has 0 fully saturated rings. The molecule has 1 aromatic rings. The van der Waals surface area contributed by atoms with Crippen LogP contribution < -0.4 is 4.74 Å². The molecule has 0 radical (unpaired) electrons. The molecule has 0 bridgehead atoms. The lowest BCUT2D eigenvalue weighted by molar-refractivity contribution is 0.138. The lowest BCUT2D eigenvalue weighted by Crippen LogP contribution is -2.24. The molecule has 0 aliphatic carbocycles. The summed E-state index contributed by atoms with van der Waals surface area (Å²) in [6.45, 7) is 7.30. The molecule has 2 rings (SSSR count). The van der Waals surface area contributed by atoms with E-state index >= 15 is 0 Å². The predicted octanol–water partition coefficient (Wildman–Crippen LogP) is 1.90. The third-order valence-electron chi connectivity index (χ3n) is 2.90. The van der Waals surface area contributed by atoms with Crippen LogP contribution in [0.2, 0.25) is 0 Å². The van der Waals surface area contributed by atoms with Gasteiger partial charge in [-0.05, 0) is 20.8 Å². The molecule has 5 heteroatoms. The normalized spacial score (nSPS) is 17.6. The van der Waals surface area contributed by atoms with Crippen molar-refractivity contribution < 1.29 is 13.2 Å². The van der Waals surface area contributed by atoms with Crippen molar-refractivity contribution in [1.82, 2.24) is 4.98 Å². The van der Waals surface area contributed by atoms with Gasteiger partial charge in [-0.1, -0.05) is 6.92 Å². The van der Waals surface area contributed by atoms with Gasteiger partial charge in [0.25, 0.3) is 0 Å². The summed E-state index contributed by atoms with van der Waals surface area (Å²) in [6.07, 6.45) is 0.718. The zero-order valence-corrected chi connectivity index (χ0v) is 11.4. The van der Waals surface area contributed by atoms with E-state index < -0.39 is 9.84 Å². The standard InChI is InChI=1S/C12H17NO3S/c1-5-17(14,15)11-6-10-9(13-8(11)2)7-12(3,4)16-10/h6H,5,7H2,1-4H3. The second-order valence-corrected chi connectivity index (χ2v) is 7.21. The molecule has 0 amide bonds. The van der Waals surface area contributed by atoms with E-state index in [-0.39, 0.29) is 16.2 Å². The highest BCUT2D eigenvalue weighted by Crippen LogP contribution is 2.35. The van der Waals surface area contributed by atoms with Crippen LogP contribution in [0.1, 0.15) is 32.2 Å². The Balaban J connectivity index is 2.55. The molecule has 4 nitrogen and oxygen atoms in total. The number of hydrogen-bond acceptors (Lipinski definition) is 4. The Hall–Kier alpha value is -1.10. The number of sulfone groups is 1. The lowest BCUT2D eigenvalue weighted by atomic mass is 10.1. The van der Waals surface area contributed by atoms with Gasteiger partial charge in [-0.2, -0.15) is 0 Å². The number of fused-ring (bicyclic) bond motifs is 1. The van der Waals surface area contributed by atoms with Gasteiger partial charge in [0.05, 0.1) is 22.0 Å². The molecule has 0 atom stereocenters. The van der Waals surface area contributed by atoms with Crippen LogP contribution in [0.4, 0.5) is 0 Å². The first kappa shape index (κ1) is 12.4. The fourth-order valence-corrected chi connectivity index (χ4v) is 3.14. The van der Waals surface area contributed by atoms with E-state index in [9.17, 15) is 8.42 Å². The topological polar surface area (TPSA) is 56.3 Å².